The minimum atomic E-state index is -4.40. The van der Waals surface area contributed by atoms with Crippen molar-refractivity contribution in [3.05, 3.63) is 123 Å². The summed E-state index contributed by atoms with van der Waals surface area (Å²) < 4.78 is 32.5. The number of fused-ring (bicyclic) bond motifs is 2. The number of carbonyl (C=O) groups excluding carboxylic acids is 1. The highest BCUT2D eigenvalue weighted by Gasteiger charge is 2.21. The van der Waals surface area contributed by atoms with Crippen molar-refractivity contribution in [2.24, 2.45) is 5.10 Å². The summed E-state index contributed by atoms with van der Waals surface area (Å²) in [6, 6.07) is 24.6. The van der Waals surface area contributed by atoms with Gasteiger partial charge in [0.05, 0.1) is 22.2 Å². The van der Waals surface area contributed by atoms with Gasteiger partial charge in [0.1, 0.15) is 11.4 Å². The van der Waals surface area contributed by atoms with Crippen LogP contribution in [-0.4, -0.2) is 30.0 Å². The van der Waals surface area contributed by atoms with Gasteiger partial charge in [0.15, 0.2) is 11.2 Å². The third-order valence-electron chi connectivity index (χ3n) is 6.01. The maximum absolute atomic E-state index is 12.9. The number of para-hydroxylation sites is 3. The smallest absolute Gasteiger partial charge is 0.339 e. The predicted molar refractivity (Wildman–Crippen MR) is 149 cm³/mol. The summed E-state index contributed by atoms with van der Waals surface area (Å²) >= 11 is 0. The summed E-state index contributed by atoms with van der Waals surface area (Å²) in [7, 11) is -4.40. The molecule has 12 heteroatoms. The van der Waals surface area contributed by atoms with Crippen LogP contribution in [0.3, 0.4) is 0 Å². The monoisotopic (exact) mass is 556 g/mol. The Kier molecular flexibility index (Phi) is 7.08. The highest BCUT2D eigenvalue weighted by atomic mass is 32.2. The molecule has 0 unspecified atom stereocenters. The Bertz CT molecular complexity index is 1920. The first kappa shape index (κ1) is 26.3. The SMILES string of the molecule is O=C(Cn1c2ccccc2c(=O)c2ccccc21)N/N=C\c1ccccc1OS(=O)(=O)c1cccc([N+](=O)[O-])c1. The van der Waals surface area contributed by atoms with Gasteiger partial charge in [-0.1, -0.05) is 42.5 Å². The minimum absolute atomic E-state index is 0.0931. The van der Waals surface area contributed by atoms with Gasteiger partial charge < -0.3 is 8.75 Å². The number of rotatable bonds is 8. The van der Waals surface area contributed by atoms with Crippen molar-refractivity contribution in [3.63, 3.8) is 0 Å². The number of nitro groups is 1. The highest BCUT2D eigenvalue weighted by Crippen LogP contribution is 2.24. The molecule has 1 aromatic heterocycles. The normalized spacial score (nSPS) is 11.6. The summed E-state index contributed by atoms with van der Waals surface area (Å²) in [4.78, 5) is 35.7. The van der Waals surface area contributed by atoms with Gasteiger partial charge in [0, 0.05) is 28.5 Å². The molecule has 0 atom stereocenters. The van der Waals surface area contributed by atoms with E-state index in [0.717, 1.165) is 6.07 Å². The molecule has 0 radical (unpaired) electrons. The number of amides is 1. The van der Waals surface area contributed by atoms with Gasteiger partial charge in [-0.15, -0.1) is 0 Å². The zero-order chi connectivity index (χ0) is 28.3. The number of aromatic nitrogens is 1. The molecule has 1 N–H and O–H groups in total. The van der Waals surface area contributed by atoms with Gasteiger partial charge in [0.2, 0.25) is 0 Å². The summed E-state index contributed by atoms with van der Waals surface area (Å²) in [6.45, 7) is -0.141. The van der Waals surface area contributed by atoms with Gasteiger partial charge in [-0.05, 0) is 42.5 Å². The molecule has 0 saturated carbocycles. The van der Waals surface area contributed by atoms with Crippen LogP contribution in [0.15, 0.2) is 112 Å². The van der Waals surface area contributed by atoms with Crippen molar-refractivity contribution in [2.75, 3.05) is 0 Å². The van der Waals surface area contributed by atoms with Gasteiger partial charge in [-0.25, -0.2) is 5.43 Å². The molecule has 0 saturated heterocycles. The van der Waals surface area contributed by atoms with Crippen molar-refractivity contribution < 1.29 is 22.3 Å². The molecule has 0 aliphatic carbocycles. The van der Waals surface area contributed by atoms with Crippen LogP contribution in [0.1, 0.15) is 5.56 Å². The van der Waals surface area contributed by atoms with E-state index in [1.807, 2.05) is 0 Å². The number of pyridine rings is 1. The van der Waals surface area contributed by atoms with Crippen molar-refractivity contribution >= 4 is 49.7 Å². The molecule has 40 heavy (non-hydrogen) atoms. The molecule has 200 valence electrons. The first-order valence-corrected chi connectivity index (χ1v) is 13.3. The summed E-state index contributed by atoms with van der Waals surface area (Å²) in [5, 5.41) is 15.9. The van der Waals surface area contributed by atoms with Crippen LogP contribution in [0.2, 0.25) is 0 Å². The van der Waals surface area contributed by atoms with E-state index in [1.165, 1.54) is 36.5 Å². The number of benzene rings is 4. The molecule has 11 nitrogen and oxygen atoms in total. The molecule has 5 rings (SSSR count). The van der Waals surface area contributed by atoms with E-state index < -0.39 is 26.6 Å². The molecule has 4 aromatic carbocycles. The first-order valence-electron chi connectivity index (χ1n) is 11.8. The Balaban J connectivity index is 1.37. The van der Waals surface area contributed by atoms with Crippen LogP contribution in [-0.2, 0) is 21.5 Å². The number of nitrogens with one attached hydrogen (secondary N) is 1. The van der Waals surface area contributed by atoms with Gasteiger partial charge >= 0.3 is 10.1 Å². The average Bonchev–Trinajstić information content (AvgIpc) is 2.96. The van der Waals surface area contributed by atoms with Gasteiger partial charge in [-0.2, -0.15) is 13.5 Å². The lowest BCUT2D eigenvalue weighted by atomic mass is 10.1. The van der Waals surface area contributed by atoms with Crippen LogP contribution in [0.4, 0.5) is 5.69 Å². The lowest BCUT2D eigenvalue weighted by Crippen LogP contribution is -2.25. The van der Waals surface area contributed by atoms with E-state index in [2.05, 4.69) is 10.5 Å². The summed E-state index contributed by atoms with van der Waals surface area (Å²) in [5.41, 5.74) is 3.31. The second kappa shape index (κ2) is 10.8. The molecule has 5 aromatic rings. The van der Waals surface area contributed by atoms with E-state index in [-0.39, 0.29) is 28.2 Å². The maximum atomic E-state index is 12.9. The number of non-ortho nitro benzene ring substituents is 1. The lowest BCUT2D eigenvalue weighted by molar-refractivity contribution is -0.385. The van der Waals surface area contributed by atoms with E-state index in [1.54, 1.807) is 65.2 Å². The number of hydrogen-bond acceptors (Lipinski definition) is 8. The second-order valence-corrected chi connectivity index (χ2v) is 10.1. The fraction of sp³-hybridized carbons (Fsp3) is 0.0357. The van der Waals surface area contributed by atoms with Gasteiger partial charge in [0.25, 0.3) is 11.6 Å². The Labute approximate surface area is 227 Å². The van der Waals surface area contributed by atoms with Crippen LogP contribution in [0.5, 0.6) is 5.75 Å². The number of nitro benzene ring substituents is 1. The number of nitrogens with zero attached hydrogens (tertiary/aromatic N) is 3. The fourth-order valence-corrected chi connectivity index (χ4v) is 5.18. The fourth-order valence-electron chi connectivity index (χ4n) is 4.18. The Morgan fingerprint density at radius 3 is 2.23 bits per heavy atom. The molecular weight excluding hydrogens is 536 g/mol. The van der Waals surface area contributed by atoms with Crippen LogP contribution < -0.4 is 15.0 Å². The standard InChI is InChI=1S/C28H20N4O7S/c33-27(18-31-24-13-4-2-11-22(24)28(34)23-12-3-5-14-25(23)31)30-29-17-19-8-1-6-15-26(19)39-40(37,38)21-10-7-9-20(16-21)32(35)36/h1-17H,18H2,(H,30,33)/b29-17-. The zero-order valence-electron chi connectivity index (χ0n) is 20.6. The Morgan fingerprint density at radius 1 is 0.925 bits per heavy atom. The average molecular weight is 557 g/mol. The van der Waals surface area contributed by atoms with Crippen molar-refractivity contribution in [1.82, 2.24) is 9.99 Å². The molecule has 0 spiro atoms. The summed E-state index contributed by atoms with van der Waals surface area (Å²) in [5.74, 6) is -0.581. The molecule has 1 heterocycles. The van der Waals surface area contributed by atoms with Crippen LogP contribution in [0, 0.1) is 10.1 Å². The second-order valence-electron chi connectivity index (χ2n) is 8.57. The summed E-state index contributed by atoms with van der Waals surface area (Å²) in [6.07, 6.45) is 1.22. The minimum Gasteiger partial charge on any atom is -0.378 e. The molecule has 0 aliphatic heterocycles. The lowest BCUT2D eigenvalue weighted by Gasteiger charge is -2.14. The van der Waals surface area contributed by atoms with E-state index in [4.69, 9.17) is 4.18 Å². The maximum Gasteiger partial charge on any atom is 0.339 e. The Hall–Kier alpha value is -5.36. The predicted octanol–water partition coefficient (Wildman–Crippen LogP) is 3.98. The van der Waals surface area contributed by atoms with Crippen molar-refractivity contribution in [2.45, 2.75) is 11.4 Å². The number of hydrazone groups is 1. The van der Waals surface area contributed by atoms with E-state index in [0.29, 0.717) is 21.8 Å². The van der Waals surface area contributed by atoms with Crippen LogP contribution >= 0.6 is 0 Å². The molecule has 1 amide bonds. The molecule has 0 fully saturated rings. The van der Waals surface area contributed by atoms with Gasteiger partial charge in [-0.3, -0.25) is 19.7 Å². The third kappa shape index (κ3) is 5.28. The van der Waals surface area contributed by atoms with E-state index >= 15 is 0 Å². The molecular formula is C28H20N4O7S. The van der Waals surface area contributed by atoms with Crippen molar-refractivity contribution in [3.8, 4) is 5.75 Å². The topological polar surface area (TPSA) is 150 Å². The largest absolute Gasteiger partial charge is 0.378 e. The van der Waals surface area contributed by atoms with Crippen LogP contribution in [0.25, 0.3) is 21.8 Å². The quantitative estimate of drug-likeness (QED) is 0.0998. The first-order chi connectivity index (χ1) is 19.2. The molecule has 0 bridgehead atoms. The van der Waals surface area contributed by atoms with E-state index in [9.17, 15) is 28.1 Å². The number of carbonyl (C=O) groups is 1. The van der Waals surface area contributed by atoms with Crippen molar-refractivity contribution in [1.29, 1.82) is 0 Å². The number of hydrogen-bond donors (Lipinski definition) is 1. The highest BCUT2D eigenvalue weighted by molar-refractivity contribution is 7.87. The Morgan fingerprint density at radius 2 is 1.55 bits per heavy atom. The molecule has 0 aliphatic rings. The zero-order valence-corrected chi connectivity index (χ0v) is 21.4. The third-order valence-corrected chi connectivity index (χ3v) is 7.24.